The van der Waals surface area contributed by atoms with Crippen molar-refractivity contribution >= 4 is 0 Å². The highest BCUT2D eigenvalue weighted by molar-refractivity contribution is 5.28. The zero-order chi connectivity index (χ0) is 12.0. The van der Waals surface area contributed by atoms with Gasteiger partial charge >= 0.3 is 0 Å². The minimum atomic E-state index is -0.613. The Morgan fingerprint density at radius 1 is 1.50 bits per heavy atom. The summed E-state index contributed by atoms with van der Waals surface area (Å²) in [5.41, 5.74) is 1.52. The van der Waals surface area contributed by atoms with Crippen LogP contribution in [-0.2, 0) is 4.74 Å². The largest absolute Gasteiger partial charge is 0.387 e. The number of hydrogen-bond donors (Lipinski definition) is 2. The number of aliphatic hydroxyl groups excluding tert-OH is 1. The summed E-state index contributed by atoms with van der Waals surface area (Å²) < 4.78 is 17.7. The van der Waals surface area contributed by atoms with E-state index >= 15 is 0 Å². The lowest BCUT2D eigenvalue weighted by Gasteiger charge is -2.14. The highest BCUT2D eigenvalue weighted by Gasteiger charge is 2.10. The zero-order valence-corrected chi connectivity index (χ0v) is 9.66. The molecule has 2 N–H and O–H groups in total. The van der Waals surface area contributed by atoms with E-state index in [4.69, 9.17) is 4.74 Å². The van der Waals surface area contributed by atoms with Crippen molar-refractivity contribution in [1.82, 2.24) is 5.32 Å². The van der Waals surface area contributed by atoms with E-state index in [1.54, 1.807) is 20.1 Å². The maximum Gasteiger partial charge on any atom is 0.123 e. The summed E-state index contributed by atoms with van der Waals surface area (Å²) in [5, 5.41) is 12.9. The Kier molecular flexibility index (Phi) is 5.38. The minimum Gasteiger partial charge on any atom is -0.387 e. The van der Waals surface area contributed by atoms with E-state index < -0.39 is 6.10 Å². The molecule has 0 amide bonds. The molecule has 0 bridgehead atoms. The molecule has 16 heavy (non-hydrogen) atoms. The average molecular weight is 227 g/mol. The molecule has 4 heteroatoms. The van der Waals surface area contributed by atoms with Crippen molar-refractivity contribution in [3.63, 3.8) is 0 Å². The molecule has 1 atom stereocenters. The summed E-state index contributed by atoms with van der Waals surface area (Å²) in [4.78, 5) is 0. The fourth-order valence-corrected chi connectivity index (χ4v) is 1.54. The summed E-state index contributed by atoms with van der Waals surface area (Å²) in [6.07, 6.45) is -0.613. The first kappa shape index (κ1) is 13.1. The van der Waals surface area contributed by atoms with Crippen LogP contribution in [0.4, 0.5) is 4.39 Å². The van der Waals surface area contributed by atoms with Gasteiger partial charge in [0.05, 0.1) is 12.7 Å². The molecule has 0 aliphatic heterocycles. The molecular formula is C12H18FNO2. The lowest BCUT2D eigenvalue weighted by Crippen LogP contribution is -2.25. The number of ether oxygens (including phenoxy) is 1. The number of rotatable bonds is 6. The van der Waals surface area contributed by atoms with E-state index in [0.29, 0.717) is 19.7 Å². The van der Waals surface area contributed by atoms with Crippen LogP contribution < -0.4 is 5.32 Å². The topological polar surface area (TPSA) is 41.5 Å². The van der Waals surface area contributed by atoms with E-state index in [1.807, 2.05) is 0 Å². The molecule has 0 fully saturated rings. The monoisotopic (exact) mass is 227 g/mol. The SMILES string of the molecule is COCCNCC(O)c1ccc(F)cc1C. The highest BCUT2D eigenvalue weighted by atomic mass is 19.1. The molecule has 0 saturated heterocycles. The maximum absolute atomic E-state index is 12.8. The first-order valence-corrected chi connectivity index (χ1v) is 5.29. The predicted octanol–water partition coefficient (Wildman–Crippen LogP) is 1.40. The van der Waals surface area contributed by atoms with Crippen LogP contribution in [0.3, 0.4) is 0 Å². The molecule has 1 unspecified atom stereocenters. The van der Waals surface area contributed by atoms with Crippen molar-refractivity contribution in [3.05, 3.63) is 35.1 Å². The van der Waals surface area contributed by atoms with Crippen LogP contribution in [0.1, 0.15) is 17.2 Å². The summed E-state index contributed by atoms with van der Waals surface area (Å²) in [5.74, 6) is -0.277. The second-order valence-corrected chi connectivity index (χ2v) is 3.71. The van der Waals surface area contributed by atoms with Crippen molar-refractivity contribution < 1.29 is 14.2 Å². The van der Waals surface area contributed by atoms with Crippen LogP contribution in [0.25, 0.3) is 0 Å². The van der Waals surface area contributed by atoms with Gasteiger partial charge < -0.3 is 15.2 Å². The summed E-state index contributed by atoms with van der Waals surface area (Å²) in [6.45, 7) is 3.52. The number of hydrogen-bond acceptors (Lipinski definition) is 3. The Hall–Kier alpha value is -0.970. The number of aryl methyl sites for hydroxylation is 1. The Bertz CT molecular complexity index is 331. The van der Waals surface area contributed by atoms with Gasteiger partial charge in [-0.15, -0.1) is 0 Å². The van der Waals surface area contributed by atoms with E-state index in [2.05, 4.69) is 5.32 Å². The first-order valence-electron chi connectivity index (χ1n) is 5.29. The van der Waals surface area contributed by atoms with Crippen molar-refractivity contribution in [1.29, 1.82) is 0 Å². The minimum absolute atomic E-state index is 0.277. The first-order chi connectivity index (χ1) is 7.65. The summed E-state index contributed by atoms with van der Waals surface area (Å²) in [6, 6.07) is 4.40. The molecule has 0 spiro atoms. The van der Waals surface area contributed by atoms with Crippen molar-refractivity contribution in [2.75, 3.05) is 26.8 Å². The van der Waals surface area contributed by atoms with Crippen molar-refractivity contribution in [3.8, 4) is 0 Å². The van der Waals surface area contributed by atoms with Crippen LogP contribution in [0.2, 0.25) is 0 Å². The second kappa shape index (κ2) is 6.58. The summed E-state index contributed by atoms with van der Waals surface area (Å²) >= 11 is 0. The van der Waals surface area contributed by atoms with Gasteiger partial charge in [-0.2, -0.15) is 0 Å². The normalized spacial score (nSPS) is 12.8. The number of aliphatic hydroxyl groups is 1. The van der Waals surface area contributed by atoms with Gasteiger partial charge in [0.25, 0.3) is 0 Å². The van der Waals surface area contributed by atoms with Crippen molar-refractivity contribution in [2.45, 2.75) is 13.0 Å². The molecule has 90 valence electrons. The van der Waals surface area contributed by atoms with Gasteiger partial charge in [-0.3, -0.25) is 0 Å². The van der Waals surface area contributed by atoms with Gasteiger partial charge in [-0.05, 0) is 30.2 Å². The Balaban J connectivity index is 2.49. The molecular weight excluding hydrogens is 209 g/mol. The molecule has 1 aromatic rings. The Labute approximate surface area is 95.2 Å². The van der Waals surface area contributed by atoms with Gasteiger partial charge in [0.2, 0.25) is 0 Å². The standard InChI is InChI=1S/C12H18FNO2/c1-9-7-10(13)3-4-11(9)12(15)8-14-5-6-16-2/h3-4,7,12,14-15H,5-6,8H2,1-2H3. The number of nitrogens with one attached hydrogen (secondary N) is 1. The number of halogens is 1. The number of benzene rings is 1. The van der Waals surface area contributed by atoms with E-state index in [9.17, 15) is 9.50 Å². The van der Waals surface area contributed by atoms with Crippen LogP contribution in [0, 0.1) is 12.7 Å². The second-order valence-electron chi connectivity index (χ2n) is 3.71. The van der Waals surface area contributed by atoms with Gasteiger partial charge in [0.15, 0.2) is 0 Å². The Morgan fingerprint density at radius 3 is 2.88 bits per heavy atom. The fourth-order valence-electron chi connectivity index (χ4n) is 1.54. The van der Waals surface area contributed by atoms with Crippen molar-refractivity contribution in [2.24, 2.45) is 0 Å². The Morgan fingerprint density at radius 2 is 2.25 bits per heavy atom. The molecule has 0 saturated carbocycles. The van der Waals surface area contributed by atoms with E-state index in [-0.39, 0.29) is 5.82 Å². The molecule has 1 aromatic carbocycles. The van der Waals surface area contributed by atoms with Gasteiger partial charge in [-0.25, -0.2) is 4.39 Å². The van der Waals surface area contributed by atoms with E-state index in [1.165, 1.54) is 12.1 Å². The molecule has 0 aromatic heterocycles. The molecule has 0 aliphatic rings. The average Bonchev–Trinajstić information content (AvgIpc) is 2.24. The van der Waals surface area contributed by atoms with Crippen LogP contribution in [0.15, 0.2) is 18.2 Å². The van der Waals surface area contributed by atoms with Gasteiger partial charge in [0, 0.05) is 20.2 Å². The van der Waals surface area contributed by atoms with E-state index in [0.717, 1.165) is 11.1 Å². The lowest BCUT2D eigenvalue weighted by atomic mass is 10.0. The smallest absolute Gasteiger partial charge is 0.123 e. The molecule has 0 aliphatic carbocycles. The van der Waals surface area contributed by atoms with Crippen LogP contribution in [0.5, 0.6) is 0 Å². The van der Waals surface area contributed by atoms with Gasteiger partial charge in [0.1, 0.15) is 5.82 Å². The number of methoxy groups -OCH3 is 1. The molecule has 0 heterocycles. The fraction of sp³-hybridized carbons (Fsp3) is 0.500. The van der Waals surface area contributed by atoms with Crippen LogP contribution >= 0.6 is 0 Å². The molecule has 3 nitrogen and oxygen atoms in total. The van der Waals surface area contributed by atoms with Gasteiger partial charge in [-0.1, -0.05) is 6.07 Å². The van der Waals surface area contributed by atoms with Crippen LogP contribution in [-0.4, -0.2) is 31.9 Å². The molecule has 0 radical (unpaired) electrons. The third-order valence-electron chi connectivity index (χ3n) is 2.41. The zero-order valence-electron chi connectivity index (χ0n) is 9.66. The third kappa shape index (κ3) is 3.89. The summed E-state index contributed by atoms with van der Waals surface area (Å²) in [7, 11) is 1.63. The molecule has 1 rings (SSSR count). The predicted molar refractivity (Wildman–Crippen MR) is 60.8 cm³/mol. The maximum atomic E-state index is 12.8. The lowest BCUT2D eigenvalue weighted by molar-refractivity contribution is 0.161. The quantitative estimate of drug-likeness (QED) is 0.722. The highest BCUT2D eigenvalue weighted by Crippen LogP contribution is 2.17. The third-order valence-corrected chi connectivity index (χ3v) is 2.41.